The molecule has 0 aliphatic heterocycles. The summed E-state index contributed by atoms with van der Waals surface area (Å²) in [5.41, 5.74) is 3.44. The summed E-state index contributed by atoms with van der Waals surface area (Å²) in [4.78, 5) is 27.2. The highest BCUT2D eigenvalue weighted by Gasteiger charge is 2.31. The second kappa shape index (κ2) is 15.5. The summed E-state index contributed by atoms with van der Waals surface area (Å²) in [7, 11) is 1.29. The molecule has 2 aromatic rings. The van der Waals surface area contributed by atoms with E-state index in [0.29, 0.717) is 41.3 Å². The van der Waals surface area contributed by atoms with Crippen molar-refractivity contribution in [2.45, 2.75) is 70.6 Å². The molecule has 5 nitrogen and oxygen atoms in total. The molecular formula is C31H41F3N2O3S. The number of nitrogens with zero attached hydrogens (tertiary/aromatic N) is 1. The number of methoxy groups -OCH3 is 1. The van der Waals surface area contributed by atoms with Crippen molar-refractivity contribution in [3.05, 3.63) is 59.2 Å². The standard InChI is InChI=1S/C31H41F3N2O3S/c1-22-9-7-8-12-25(22)27-19-24(13-14-26(27)29(37)35-28(16-18-40-3)30(38)39-2)20-36(21-31(32,33)34)17-15-23-10-5-4-6-11-23/h7-9,12-14,19,23,28H,4-6,10-11,15-18,20-21H2,1-3H3,(H,35,37). The lowest BCUT2D eigenvalue weighted by atomic mass is 9.87. The zero-order valence-electron chi connectivity index (χ0n) is 23.7. The van der Waals surface area contributed by atoms with E-state index in [9.17, 15) is 22.8 Å². The molecule has 1 unspecified atom stereocenters. The molecule has 0 radical (unpaired) electrons. The van der Waals surface area contributed by atoms with Crippen LogP contribution >= 0.6 is 11.8 Å². The summed E-state index contributed by atoms with van der Waals surface area (Å²) in [6.45, 7) is 1.46. The number of thioether (sulfide) groups is 1. The molecule has 1 aliphatic rings. The van der Waals surface area contributed by atoms with Crippen molar-refractivity contribution >= 4 is 23.6 Å². The number of halogens is 3. The van der Waals surface area contributed by atoms with Crippen LogP contribution in [0.4, 0.5) is 13.2 Å². The van der Waals surface area contributed by atoms with E-state index in [1.165, 1.54) is 18.4 Å². The summed E-state index contributed by atoms with van der Waals surface area (Å²) in [6, 6.07) is 12.0. The highest BCUT2D eigenvalue weighted by Crippen LogP contribution is 2.31. The van der Waals surface area contributed by atoms with Gasteiger partial charge in [0.25, 0.3) is 5.91 Å². The Kier molecular flexibility index (Phi) is 12.4. The molecule has 220 valence electrons. The number of hydrogen-bond donors (Lipinski definition) is 1. The Hall–Kier alpha value is -2.52. The van der Waals surface area contributed by atoms with Crippen LogP contribution < -0.4 is 5.32 Å². The molecular weight excluding hydrogens is 537 g/mol. The van der Waals surface area contributed by atoms with Gasteiger partial charge in [-0.3, -0.25) is 9.69 Å². The Bertz CT molecular complexity index is 1120. The molecule has 1 amide bonds. The fourth-order valence-corrected chi connectivity index (χ4v) is 5.89. The topological polar surface area (TPSA) is 58.6 Å². The number of esters is 1. The van der Waals surface area contributed by atoms with Gasteiger partial charge < -0.3 is 10.1 Å². The summed E-state index contributed by atoms with van der Waals surface area (Å²) >= 11 is 1.56. The summed E-state index contributed by atoms with van der Waals surface area (Å²) < 4.78 is 45.4. The summed E-state index contributed by atoms with van der Waals surface area (Å²) in [5.74, 6) is 0.203. The molecule has 2 aromatic carbocycles. The smallest absolute Gasteiger partial charge is 0.401 e. The lowest BCUT2D eigenvalue weighted by Crippen LogP contribution is -2.42. The average Bonchev–Trinajstić information content (AvgIpc) is 2.93. The SMILES string of the molecule is COC(=O)C(CCSC)NC(=O)c1ccc(CN(CCC2CCCCC2)CC(F)(F)F)cc1-c1ccccc1C. The van der Waals surface area contributed by atoms with Crippen molar-refractivity contribution in [1.29, 1.82) is 0 Å². The van der Waals surface area contributed by atoms with Crippen LogP contribution in [0.2, 0.25) is 0 Å². The maximum Gasteiger partial charge on any atom is 0.401 e. The van der Waals surface area contributed by atoms with Crippen molar-refractivity contribution in [2.24, 2.45) is 5.92 Å². The normalized spacial score (nSPS) is 15.2. The van der Waals surface area contributed by atoms with E-state index < -0.39 is 30.6 Å². The van der Waals surface area contributed by atoms with Crippen LogP contribution in [-0.2, 0) is 16.1 Å². The van der Waals surface area contributed by atoms with Crippen LogP contribution in [0.25, 0.3) is 11.1 Å². The first-order valence-corrected chi connectivity index (χ1v) is 15.4. The van der Waals surface area contributed by atoms with E-state index in [1.54, 1.807) is 23.9 Å². The minimum atomic E-state index is -4.30. The molecule has 40 heavy (non-hydrogen) atoms. The maximum absolute atomic E-state index is 13.5. The maximum atomic E-state index is 13.5. The van der Waals surface area contributed by atoms with Crippen LogP contribution in [-0.4, -0.2) is 61.2 Å². The fourth-order valence-electron chi connectivity index (χ4n) is 5.42. The van der Waals surface area contributed by atoms with E-state index in [0.717, 1.165) is 43.2 Å². The first kappa shape index (κ1) is 32.0. The van der Waals surface area contributed by atoms with E-state index in [4.69, 9.17) is 4.74 Å². The highest BCUT2D eigenvalue weighted by atomic mass is 32.2. The van der Waals surface area contributed by atoms with Crippen molar-refractivity contribution in [3.63, 3.8) is 0 Å². The molecule has 1 aliphatic carbocycles. The molecule has 3 rings (SSSR count). The predicted octanol–water partition coefficient (Wildman–Crippen LogP) is 7.02. The average molecular weight is 579 g/mol. The number of carbonyl (C=O) groups excluding carboxylic acids is 2. The van der Waals surface area contributed by atoms with Gasteiger partial charge in [-0.05, 0) is 78.6 Å². The van der Waals surface area contributed by atoms with Gasteiger partial charge in [0.2, 0.25) is 0 Å². The molecule has 1 saturated carbocycles. The quantitative estimate of drug-likeness (QED) is 0.259. The number of rotatable bonds is 13. The molecule has 0 heterocycles. The third kappa shape index (κ3) is 9.84. The molecule has 1 atom stereocenters. The molecule has 1 N–H and O–H groups in total. The van der Waals surface area contributed by atoms with Crippen molar-refractivity contribution in [3.8, 4) is 11.1 Å². The molecule has 0 bridgehead atoms. The Balaban J connectivity index is 1.90. The van der Waals surface area contributed by atoms with Gasteiger partial charge in [0.15, 0.2) is 0 Å². The monoisotopic (exact) mass is 578 g/mol. The van der Waals surface area contributed by atoms with Crippen LogP contribution in [0.1, 0.15) is 66.4 Å². The number of aryl methyl sites for hydroxylation is 1. The van der Waals surface area contributed by atoms with Gasteiger partial charge >= 0.3 is 12.1 Å². The summed E-state index contributed by atoms with van der Waals surface area (Å²) in [6.07, 6.45) is 4.49. The largest absolute Gasteiger partial charge is 0.467 e. The van der Waals surface area contributed by atoms with Gasteiger partial charge in [0, 0.05) is 12.1 Å². The third-order valence-corrected chi connectivity index (χ3v) is 8.20. The first-order chi connectivity index (χ1) is 19.1. The number of nitrogens with one attached hydrogen (secondary N) is 1. The minimum Gasteiger partial charge on any atom is -0.467 e. The second-order valence-electron chi connectivity index (χ2n) is 10.6. The van der Waals surface area contributed by atoms with Gasteiger partial charge in [-0.1, -0.05) is 62.4 Å². The Labute approximate surface area is 240 Å². The Morgan fingerprint density at radius 3 is 2.48 bits per heavy atom. The van der Waals surface area contributed by atoms with E-state index >= 15 is 0 Å². The zero-order chi connectivity index (χ0) is 29.1. The second-order valence-corrected chi connectivity index (χ2v) is 11.6. The number of alkyl halides is 3. The molecule has 0 aromatic heterocycles. The molecule has 0 spiro atoms. The van der Waals surface area contributed by atoms with Gasteiger partial charge in [-0.2, -0.15) is 24.9 Å². The minimum absolute atomic E-state index is 0.130. The van der Waals surface area contributed by atoms with Gasteiger partial charge in [0.05, 0.1) is 13.7 Å². The van der Waals surface area contributed by atoms with Crippen molar-refractivity contribution in [1.82, 2.24) is 10.2 Å². The number of benzene rings is 2. The Morgan fingerprint density at radius 1 is 1.10 bits per heavy atom. The third-order valence-electron chi connectivity index (χ3n) is 7.55. The lowest BCUT2D eigenvalue weighted by molar-refractivity contribution is -0.147. The van der Waals surface area contributed by atoms with E-state index in [-0.39, 0.29) is 6.54 Å². The van der Waals surface area contributed by atoms with E-state index in [2.05, 4.69) is 5.32 Å². The van der Waals surface area contributed by atoms with Crippen LogP contribution in [0.3, 0.4) is 0 Å². The molecule has 1 fully saturated rings. The van der Waals surface area contributed by atoms with E-state index in [1.807, 2.05) is 43.5 Å². The zero-order valence-corrected chi connectivity index (χ0v) is 24.5. The Morgan fingerprint density at radius 2 is 1.82 bits per heavy atom. The lowest BCUT2D eigenvalue weighted by Gasteiger charge is -2.28. The first-order valence-electron chi connectivity index (χ1n) is 14.0. The number of hydrogen-bond acceptors (Lipinski definition) is 5. The van der Waals surface area contributed by atoms with Gasteiger partial charge in [0.1, 0.15) is 6.04 Å². The summed E-state index contributed by atoms with van der Waals surface area (Å²) in [5, 5.41) is 2.81. The van der Waals surface area contributed by atoms with Crippen molar-refractivity contribution < 1.29 is 27.5 Å². The molecule has 0 saturated heterocycles. The highest BCUT2D eigenvalue weighted by molar-refractivity contribution is 7.98. The number of carbonyl (C=O) groups is 2. The van der Waals surface area contributed by atoms with Crippen LogP contribution in [0, 0.1) is 12.8 Å². The number of ether oxygens (including phenoxy) is 1. The van der Waals surface area contributed by atoms with Crippen LogP contribution in [0.5, 0.6) is 0 Å². The fraction of sp³-hybridized carbons (Fsp3) is 0.548. The van der Waals surface area contributed by atoms with Crippen LogP contribution in [0.15, 0.2) is 42.5 Å². The van der Waals surface area contributed by atoms with Gasteiger partial charge in [-0.15, -0.1) is 0 Å². The van der Waals surface area contributed by atoms with Gasteiger partial charge in [-0.25, -0.2) is 4.79 Å². The van der Waals surface area contributed by atoms with Crippen molar-refractivity contribution in [2.75, 3.05) is 32.2 Å². The predicted molar refractivity (Wildman–Crippen MR) is 155 cm³/mol. The molecule has 9 heteroatoms. The number of amides is 1.